The highest BCUT2D eigenvalue weighted by Crippen LogP contribution is 2.31. The lowest BCUT2D eigenvalue weighted by Gasteiger charge is -2.34. The van der Waals surface area contributed by atoms with E-state index in [-0.39, 0.29) is 11.7 Å². The van der Waals surface area contributed by atoms with Gasteiger partial charge in [-0.2, -0.15) is 5.10 Å². The molecule has 0 radical (unpaired) electrons. The highest BCUT2D eigenvalue weighted by atomic mass is 32.1. The van der Waals surface area contributed by atoms with Gasteiger partial charge in [0.25, 0.3) is 5.91 Å². The van der Waals surface area contributed by atoms with E-state index in [2.05, 4.69) is 36.1 Å². The Morgan fingerprint density at radius 1 is 1.06 bits per heavy atom. The van der Waals surface area contributed by atoms with Gasteiger partial charge in [-0.15, -0.1) is 11.3 Å². The van der Waals surface area contributed by atoms with Gasteiger partial charge in [-0.05, 0) is 50.2 Å². The smallest absolute Gasteiger partial charge is 0.264 e. The van der Waals surface area contributed by atoms with Crippen molar-refractivity contribution in [3.8, 4) is 11.4 Å². The van der Waals surface area contributed by atoms with Crippen molar-refractivity contribution in [3.63, 3.8) is 0 Å². The van der Waals surface area contributed by atoms with Gasteiger partial charge in [0.05, 0.1) is 23.4 Å². The summed E-state index contributed by atoms with van der Waals surface area (Å²) in [7, 11) is 1.60. The number of carbonyl (C=O) groups is 1. The van der Waals surface area contributed by atoms with Gasteiger partial charge < -0.3 is 9.64 Å². The largest absolute Gasteiger partial charge is 0.496 e. The lowest BCUT2D eigenvalue weighted by atomic mass is 10.1. The number of benzene rings is 2. The SMILES string of the molecule is COc1ccc(F)cc1CN1CCN(C(=O)c2cc3c(C)nn(-c4ccc(C)cc4)c3s2)CC1. The van der Waals surface area contributed by atoms with Crippen LogP contribution < -0.4 is 4.74 Å². The number of ether oxygens (including phenoxy) is 1. The number of halogens is 1. The summed E-state index contributed by atoms with van der Waals surface area (Å²) in [6.45, 7) is 7.36. The van der Waals surface area contributed by atoms with E-state index in [1.807, 2.05) is 22.6 Å². The Kier molecular flexibility index (Phi) is 6.10. The van der Waals surface area contributed by atoms with Crippen molar-refractivity contribution in [2.45, 2.75) is 20.4 Å². The number of nitrogens with zero attached hydrogens (tertiary/aromatic N) is 4. The van der Waals surface area contributed by atoms with Crippen molar-refractivity contribution in [1.29, 1.82) is 0 Å². The van der Waals surface area contributed by atoms with Gasteiger partial charge in [-0.3, -0.25) is 9.69 Å². The van der Waals surface area contributed by atoms with Gasteiger partial charge in [0, 0.05) is 43.7 Å². The second kappa shape index (κ2) is 9.19. The number of piperazine rings is 1. The number of fused-ring (bicyclic) bond motifs is 1. The van der Waals surface area contributed by atoms with E-state index in [0.717, 1.165) is 45.1 Å². The van der Waals surface area contributed by atoms with Crippen molar-refractivity contribution < 1.29 is 13.9 Å². The van der Waals surface area contributed by atoms with Crippen LogP contribution in [0.5, 0.6) is 5.75 Å². The Labute approximate surface area is 202 Å². The molecule has 2 aromatic carbocycles. The average molecular weight is 479 g/mol. The maximum absolute atomic E-state index is 13.7. The van der Waals surface area contributed by atoms with Gasteiger partial charge in [-0.25, -0.2) is 9.07 Å². The molecule has 6 nitrogen and oxygen atoms in total. The van der Waals surface area contributed by atoms with E-state index in [1.54, 1.807) is 13.2 Å². The van der Waals surface area contributed by atoms with Crippen LogP contribution in [0.4, 0.5) is 4.39 Å². The van der Waals surface area contributed by atoms with Crippen LogP contribution in [0.2, 0.25) is 0 Å². The molecule has 4 aromatic rings. The van der Waals surface area contributed by atoms with Gasteiger partial charge in [0.1, 0.15) is 16.4 Å². The second-order valence-corrected chi connectivity index (χ2v) is 9.72. The molecule has 0 N–H and O–H groups in total. The summed E-state index contributed by atoms with van der Waals surface area (Å²) in [5.41, 5.74) is 3.93. The van der Waals surface area contributed by atoms with Crippen LogP contribution >= 0.6 is 11.3 Å². The number of amides is 1. The molecular weight excluding hydrogens is 451 g/mol. The lowest BCUT2D eigenvalue weighted by Crippen LogP contribution is -2.48. The molecule has 5 rings (SSSR count). The number of rotatable bonds is 5. The summed E-state index contributed by atoms with van der Waals surface area (Å²) in [5.74, 6) is 0.469. The minimum absolute atomic E-state index is 0.0547. The van der Waals surface area contributed by atoms with Crippen molar-refractivity contribution in [2.75, 3.05) is 33.3 Å². The fourth-order valence-electron chi connectivity index (χ4n) is 4.39. The molecule has 0 unspecified atom stereocenters. The Morgan fingerprint density at radius 2 is 1.79 bits per heavy atom. The number of aromatic nitrogens is 2. The summed E-state index contributed by atoms with van der Waals surface area (Å²) < 4.78 is 21.0. The van der Waals surface area contributed by atoms with Crippen LogP contribution in [0.15, 0.2) is 48.5 Å². The number of aryl methyl sites for hydroxylation is 2. The molecule has 34 heavy (non-hydrogen) atoms. The van der Waals surface area contributed by atoms with Crippen molar-refractivity contribution in [1.82, 2.24) is 19.6 Å². The standard InChI is InChI=1S/C26H27FN4O2S/c1-17-4-7-21(8-5-17)31-26-22(18(2)28-31)15-24(34-26)25(32)30-12-10-29(11-13-30)16-19-14-20(27)6-9-23(19)33-3/h4-9,14-15H,10-13,16H2,1-3H3. The number of hydrogen-bond donors (Lipinski definition) is 0. The lowest BCUT2D eigenvalue weighted by molar-refractivity contribution is 0.0632. The van der Waals surface area contributed by atoms with Crippen LogP contribution in [-0.2, 0) is 6.54 Å². The fraction of sp³-hybridized carbons (Fsp3) is 0.308. The van der Waals surface area contributed by atoms with E-state index in [4.69, 9.17) is 9.84 Å². The first-order valence-electron chi connectivity index (χ1n) is 11.3. The molecular formula is C26H27FN4O2S. The molecule has 0 atom stereocenters. The highest BCUT2D eigenvalue weighted by molar-refractivity contribution is 7.20. The summed E-state index contributed by atoms with van der Waals surface area (Å²) in [5, 5.41) is 5.71. The van der Waals surface area contributed by atoms with Crippen molar-refractivity contribution >= 4 is 27.5 Å². The molecule has 176 valence electrons. The van der Waals surface area contributed by atoms with Gasteiger partial charge in [0.15, 0.2) is 0 Å². The Hall–Kier alpha value is -3.23. The number of methoxy groups -OCH3 is 1. The minimum Gasteiger partial charge on any atom is -0.496 e. The zero-order chi connectivity index (χ0) is 23.8. The molecule has 2 aromatic heterocycles. The topological polar surface area (TPSA) is 50.6 Å². The molecule has 1 saturated heterocycles. The van der Waals surface area contributed by atoms with Crippen LogP contribution in [-0.4, -0.2) is 58.8 Å². The van der Waals surface area contributed by atoms with E-state index in [1.165, 1.54) is 29.0 Å². The predicted molar refractivity (Wildman–Crippen MR) is 133 cm³/mol. The summed E-state index contributed by atoms with van der Waals surface area (Å²) in [4.78, 5) is 19.2. The number of thiophene rings is 1. The third-order valence-electron chi connectivity index (χ3n) is 6.33. The third-order valence-corrected chi connectivity index (χ3v) is 7.43. The zero-order valence-corrected chi connectivity index (χ0v) is 20.4. The zero-order valence-electron chi connectivity index (χ0n) is 19.5. The summed E-state index contributed by atoms with van der Waals surface area (Å²) >= 11 is 1.49. The Morgan fingerprint density at radius 3 is 2.50 bits per heavy atom. The van der Waals surface area contributed by atoms with Crippen LogP contribution in [0.25, 0.3) is 15.9 Å². The maximum atomic E-state index is 13.7. The molecule has 0 spiro atoms. The maximum Gasteiger partial charge on any atom is 0.264 e. The molecule has 1 aliphatic rings. The second-order valence-electron chi connectivity index (χ2n) is 8.69. The van der Waals surface area contributed by atoms with E-state index in [0.29, 0.717) is 25.4 Å². The minimum atomic E-state index is -0.270. The van der Waals surface area contributed by atoms with Gasteiger partial charge in [-0.1, -0.05) is 17.7 Å². The third kappa shape index (κ3) is 4.31. The van der Waals surface area contributed by atoms with Crippen LogP contribution in [0, 0.1) is 19.7 Å². The first-order valence-corrected chi connectivity index (χ1v) is 12.1. The van der Waals surface area contributed by atoms with Crippen molar-refractivity contribution in [3.05, 3.63) is 76.0 Å². The normalized spacial score (nSPS) is 14.6. The Balaban J connectivity index is 1.29. The summed E-state index contributed by atoms with van der Waals surface area (Å²) in [6, 6.07) is 14.8. The quantitative estimate of drug-likeness (QED) is 0.413. The monoisotopic (exact) mass is 478 g/mol. The number of hydrogen-bond acceptors (Lipinski definition) is 5. The van der Waals surface area contributed by atoms with Gasteiger partial charge >= 0.3 is 0 Å². The molecule has 0 bridgehead atoms. The fourth-order valence-corrected chi connectivity index (χ4v) is 5.54. The molecule has 8 heteroatoms. The average Bonchev–Trinajstić information content (AvgIpc) is 3.40. The predicted octanol–water partition coefficient (Wildman–Crippen LogP) is 4.81. The number of carbonyl (C=O) groups excluding carboxylic acids is 1. The molecule has 0 aliphatic carbocycles. The van der Waals surface area contributed by atoms with E-state index < -0.39 is 0 Å². The molecule has 3 heterocycles. The molecule has 0 saturated carbocycles. The van der Waals surface area contributed by atoms with Gasteiger partial charge in [0.2, 0.25) is 0 Å². The van der Waals surface area contributed by atoms with Crippen LogP contribution in [0.3, 0.4) is 0 Å². The molecule has 1 fully saturated rings. The first-order chi connectivity index (χ1) is 16.4. The summed E-state index contributed by atoms with van der Waals surface area (Å²) in [6.07, 6.45) is 0. The van der Waals surface area contributed by atoms with E-state index >= 15 is 0 Å². The Bertz CT molecular complexity index is 1340. The molecule has 1 amide bonds. The molecule has 1 aliphatic heterocycles. The first kappa shape index (κ1) is 22.6. The van der Waals surface area contributed by atoms with Crippen molar-refractivity contribution in [2.24, 2.45) is 0 Å². The van der Waals surface area contributed by atoms with Crippen LogP contribution in [0.1, 0.15) is 26.5 Å². The van der Waals surface area contributed by atoms with E-state index in [9.17, 15) is 9.18 Å². The highest BCUT2D eigenvalue weighted by Gasteiger charge is 2.25.